The van der Waals surface area contributed by atoms with Crippen LogP contribution < -0.4 is 5.73 Å². The molecule has 0 amide bonds. The zero-order valence-electron chi connectivity index (χ0n) is 14.5. The van der Waals surface area contributed by atoms with E-state index < -0.39 is 0 Å². The molecule has 0 radical (unpaired) electrons. The summed E-state index contributed by atoms with van der Waals surface area (Å²) in [6.45, 7) is 4.43. The molecule has 7 heteroatoms. The number of pyridine rings is 1. The molecule has 3 heterocycles. The van der Waals surface area contributed by atoms with E-state index in [2.05, 4.69) is 17.0 Å². The fourth-order valence-corrected chi connectivity index (χ4v) is 3.37. The summed E-state index contributed by atoms with van der Waals surface area (Å²) in [4.78, 5) is 7.44. The van der Waals surface area contributed by atoms with E-state index in [0.717, 1.165) is 67.6 Å². The molecule has 2 aromatic heterocycles. The molecule has 134 valence electrons. The second kappa shape index (κ2) is 7.49. The summed E-state index contributed by atoms with van der Waals surface area (Å²) in [7, 11) is 0. The first-order valence-corrected chi connectivity index (χ1v) is 9.17. The van der Waals surface area contributed by atoms with Crippen LogP contribution in [-0.4, -0.2) is 57.3 Å². The minimum Gasteiger partial charge on any atom is -0.389 e. The van der Waals surface area contributed by atoms with Crippen LogP contribution in [-0.2, 0) is 11.2 Å². The Labute approximate surface area is 157 Å². The molecule has 0 atom stereocenters. The fraction of sp³-hybridized carbons (Fsp3) is 0.316. The van der Waals surface area contributed by atoms with Crippen LogP contribution in [0.25, 0.3) is 16.9 Å². The van der Waals surface area contributed by atoms with Crippen molar-refractivity contribution < 1.29 is 4.74 Å². The third kappa shape index (κ3) is 3.46. The van der Waals surface area contributed by atoms with Crippen molar-refractivity contribution in [2.24, 2.45) is 5.73 Å². The van der Waals surface area contributed by atoms with Crippen LogP contribution in [0.3, 0.4) is 0 Å². The molecule has 1 aromatic carbocycles. The summed E-state index contributed by atoms with van der Waals surface area (Å²) in [5, 5.41) is 4.75. The Morgan fingerprint density at radius 2 is 1.88 bits per heavy atom. The first-order valence-electron chi connectivity index (χ1n) is 8.76. The van der Waals surface area contributed by atoms with E-state index in [0.29, 0.717) is 4.99 Å². The molecule has 4 rings (SSSR count). The standard InChI is InChI=1S/C19H21N5OS/c20-18(26)15-6-7-16(14-4-2-1-3-5-14)24-19(15)21-17(22-24)8-9-23-10-12-25-13-11-23/h1-7H,8-13H2,(H2,20,26). The molecule has 3 aromatic rings. The lowest BCUT2D eigenvalue weighted by Gasteiger charge is -2.25. The number of benzene rings is 1. The molecule has 0 aliphatic carbocycles. The van der Waals surface area contributed by atoms with Gasteiger partial charge in [-0.3, -0.25) is 4.90 Å². The average molecular weight is 367 g/mol. The average Bonchev–Trinajstić information content (AvgIpc) is 3.11. The second-order valence-corrected chi connectivity index (χ2v) is 6.77. The largest absolute Gasteiger partial charge is 0.389 e. The Bertz CT molecular complexity index is 918. The van der Waals surface area contributed by atoms with E-state index in [9.17, 15) is 0 Å². The van der Waals surface area contributed by atoms with Gasteiger partial charge in [0.1, 0.15) is 4.99 Å². The van der Waals surface area contributed by atoms with Crippen molar-refractivity contribution in [3.63, 3.8) is 0 Å². The number of rotatable bonds is 5. The summed E-state index contributed by atoms with van der Waals surface area (Å²) < 4.78 is 7.26. The molecule has 2 N–H and O–H groups in total. The third-order valence-electron chi connectivity index (χ3n) is 4.62. The van der Waals surface area contributed by atoms with E-state index in [4.69, 9.17) is 32.8 Å². The summed E-state index contributed by atoms with van der Waals surface area (Å²) >= 11 is 5.20. The van der Waals surface area contributed by atoms with Crippen LogP contribution in [0.1, 0.15) is 11.4 Å². The zero-order valence-corrected chi connectivity index (χ0v) is 15.3. The number of hydrogen-bond donors (Lipinski definition) is 1. The molecule has 0 bridgehead atoms. The molecule has 6 nitrogen and oxygen atoms in total. The topological polar surface area (TPSA) is 68.7 Å². The number of ether oxygens (including phenoxy) is 1. The molecular weight excluding hydrogens is 346 g/mol. The van der Waals surface area contributed by atoms with Crippen molar-refractivity contribution in [3.05, 3.63) is 53.9 Å². The first-order chi connectivity index (χ1) is 12.7. The third-order valence-corrected chi connectivity index (χ3v) is 4.84. The van der Waals surface area contributed by atoms with Crippen LogP contribution in [0.2, 0.25) is 0 Å². The van der Waals surface area contributed by atoms with Crippen molar-refractivity contribution >= 4 is 22.9 Å². The molecule has 1 fully saturated rings. The highest BCUT2D eigenvalue weighted by atomic mass is 32.1. The SMILES string of the molecule is NC(=S)c1ccc(-c2ccccc2)n2nc(CCN3CCOCC3)nc12. The highest BCUT2D eigenvalue weighted by Crippen LogP contribution is 2.22. The number of thiocarbonyl (C=S) groups is 1. The lowest BCUT2D eigenvalue weighted by atomic mass is 10.1. The number of aromatic nitrogens is 3. The maximum Gasteiger partial charge on any atom is 0.166 e. The molecular formula is C19H21N5OS. The maximum atomic E-state index is 5.90. The highest BCUT2D eigenvalue weighted by molar-refractivity contribution is 7.80. The summed E-state index contributed by atoms with van der Waals surface area (Å²) in [6, 6.07) is 14.1. The summed E-state index contributed by atoms with van der Waals surface area (Å²) in [6.07, 6.45) is 0.784. The fourth-order valence-electron chi connectivity index (χ4n) is 3.21. The van der Waals surface area contributed by atoms with Crippen molar-refractivity contribution in [2.75, 3.05) is 32.8 Å². The molecule has 0 unspecified atom stereocenters. The van der Waals surface area contributed by atoms with Gasteiger partial charge in [0, 0.05) is 31.6 Å². The number of hydrogen-bond acceptors (Lipinski definition) is 5. The quantitative estimate of drug-likeness (QED) is 0.695. The summed E-state index contributed by atoms with van der Waals surface area (Å²) in [5.41, 5.74) is 9.43. The predicted molar refractivity (Wildman–Crippen MR) is 105 cm³/mol. The van der Waals surface area contributed by atoms with E-state index in [1.807, 2.05) is 34.8 Å². The van der Waals surface area contributed by atoms with Crippen LogP contribution in [0, 0.1) is 0 Å². The van der Waals surface area contributed by atoms with Gasteiger partial charge in [0.2, 0.25) is 0 Å². The van der Waals surface area contributed by atoms with Gasteiger partial charge in [-0.2, -0.15) is 5.10 Å². The molecule has 1 saturated heterocycles. The number of nitrogens with zero attached hydrogens (tertiary/aromatic N) is 4. The predicted octanol–water partition coefficient (Wildman–Crippen LogP) is 1.91. The van der Waals surface area contributed by atoms with Crippen molar-refractivity contribution in [2.45, 2.75) is 6.42 Å². The van der Waals surface area contributed by atoms with Gasteiger partial charge in [0.05, 0.1) is 24.5 Å². The maximum absolute atomic E-state index is 5.90. The van der Waals surface area contributed by atoms with Crippen LogP contribution >= 0.6 is 12.2 Å². The molecule has 1 aliphatic rings. The smallest absolute Gasteiger partial charge is 0.166 e. The van der Waals surface area contributed by atoms with Crippen LogP contribution in [0.15, 0.2) is 42.5 Å². The van der Waals surface area contributed by atoms with Gasteiger partial charge in [0.25, 0.3) is 0 Å². The minimum atomic E-state index is 0.335. The van der Waals surface area contributed by atoms with E-state index in [-0.39, 0.29) is 0 Å². The Morgan fingerprint density at radius 1 is 1.12 bits per heavy atom. The zero-order chi connectivity index (χ0) is 17.9. The van der Waals surface area contributed by atoms with E-state index >= 15 is 0 Å². The van der Waals surface area contributed by atoms with Gasteiger partial charge in [-0.1, -0.05) is 42.5 Å². The Balaban J connectivity index is 1.69. The van der Waals surface area contributed by atoms with Gasteiger partial charge < -0.3 is 10.5 Å². The normalized spacial score (nSPS) is 15.4. The van der Waals surface area contributed by atoms with Gasteiger partial charge in [-0.05, 0) is 12.1 Å². The van der Waals surface area contributed by atoms with E-state index in [1.165, 1.54) is 0 Å². The molecule has 1 aliphatic heterocycles. The van der Waals surface area contributed by atoms with Gasteiger partial charge in [0.15, 0.2) is 11.5 Å². The Morgan fingerprint density at radius 3 is 2.62 bits per heavy atom. The molecule has 26 heavy (non-hydrogen) atoms. The second-order valence-electron chi connectivity index (χ2n) is 6.33. The highest BCUT2D eigenvalue weighted by Gasteiger charge is 2.16. The van der Waals surface area contributed by atoms with Crippen LogP contribution in [0.5, 0.6) is 0 Å². The van der Waals surface area contributed by atoms with Crippen molar-refractivity contribution in [1.29, 1.82) is 0 Å². The monoisotopic (exact) mass is 367 g/mol. The first kappa shape index (κ1) is 17.1. The van der Waals surface area contributed by atoms with E-state index in [1.54, 1.807) is 0 Å². The number of morpholine rings is 1. The Kier molecular flexibility index (Phi) is 4.92. The van der Waals surface area contributed by atoms with Crippen LogP contribution in [0.4, 0.5) is 0 Å². The number of nitrogens with two attached hydrogens (primary N) is 1. The van der Waals surface area contributed by atoms with Gasteiger partial charge in [-0.15, -0.1) is 0 Å². The van der Waals surface area contributed by atoms with Gasteiger partial charge in [-0.25, -0.2) is 9.50 Å². The Hall–Kier alpha value is -2.35. The van der Waals surface area contributed by atoms with Crippen molar-refractivity contribution in [3.8, 4) is 11.3 Å². The minimum absolute atomic E-state index is 0.335. The van der Waals surface area contributed by atoms with Crippen molar-refractivity contribution in [1.82, 2.24) is 19.5 Å². The number of fused-ring (bicyclic) bond motifs is 1. The lowest BCUT2D eigenvalue weighted by molar-refractivity contribution is 0.0382. The summed E-state index contributed by atoms with van der Waals surface area (Å²) in [5.74, 6) is 0.803. The lowest BCUT2D eigenvalue weighted by Crippen LogP contribution is -2.37. The molecule has 0 spiro atoms. The molecule has 0 saturated carbocycles. The van der Waals surface area contributed by atoms with Gasteiger partial charge >= 0.3 is 0 Å².